The summed E-state index contributed by atoms with van der Waals surface area (Å²) in [4.78, 5) is 19.5. The molecule has 1 saturated carbocycles. The Kier molecular flexibility index (Phi) is 9.51. The fourth-order valence-electron chi connectivity index (χ4n) is 4.36. The SMILES string of the molecule is CCC(C)NC(=NCCc1ccco1)N1CC2CCC(NC(=O)OC(C)(C)C)C2C1.I. The van der Waals surface area contributed by atoms with Crippen LogP contribution >= 0.6 is 24.0 Å². The van der Waals surface area contributed by atoms with E-state index in [0.29, 0.717) is 24.4 Å². The first kappa shape index (κ1) is 25.8. The Morgan fingerprint density at radius 2 is 2.13 bits per heavy atom. The van der Waals surface area contributed by atoms with Crippen LogP contribution in [0.5, 0.6) is 0 Å². The summed E-state index contributed by atoms with van der Waals surface area (Å²) < 4.78 is 10.9. The van der Waals surface area contributed by atoms with Gasteiger partial charge in [-0.15, -0.1) is 24.0 Å². The first-order chi connectivity index (χ1) is 14.2. The number of nitrogens with zero attached hydrogens (tertiary/aromatic N) is 2. The largest absolute Gasteiger partial charge is 0.469 e. The molecule has 3 rings (SSSR count). The molecule has 0 spiro atoms. The van der Waals surface area contributed by atoms with E-state index >= 15 is 0 Å². The monoisotopic (exact) mass is 546 g/mol. The van der Waals surface area contributed by atoms with E-state index in [4.69, 9.17) is 14.1 Å². The number of hydrogen-bond acceptors (Lipinski definition) is 4. The van der Waals surface area contributed by atoms with Gasteiger partial charge >= 0.3 is 6.09 Å². The minimum atomic E-state index is -0.474. The first-order valence-corrected chi connectivity index (χ1v) is 11.3. The van der Waals surface area contributed by atoms with E-state index in [1.807, 2.05) is 32.9 Å². The van der Waals surface area contributed by atoms with Crippen molar-refractivity contribution in [3.63, 3.8) is 0 Å². The maximum Gasteiger partial charge on any atom is 0.407 e. The second-order valence-electron chi connectivity index (χ2n) is 9.65. The first-order valence-electron chi connectivity index (χ1n) is 11.3. The van der Waals surface area contributed by atoms with Crippen molar-refractivity contribution in [1.29, 1.82) is 0 Å². The standard InChI is InChI=1S/C23H38N4O3.HI/c1-6-16(2)25-21(24-12-11-18-8-7-13-29-18)27-14-17-9-10-20(19(17)15-27)26-22(28)30-23(3,4)5;/h7-8,13,16-17,19-20H,6,9-12,14-15H2,1-5H3,(H,24,25)(H,26,28);1H. The molecule has 1 amide bonds. The summed E-state index contributed by atoms with van der Waals surface area (Å²) in [5, 5.41) is 6.72. The van der Waals surface area contributed by atoms with Crippen LogP contribution < -0.4 is 10.6 Å². The third-order valence-electron chi connectivity index (χ3n) is 6.05. The normalized spacial score (nSPS) is 24.4. The van der Waals surface area contributed by atoms with Crippen molar-refractivity contribution in [1.82, 2.24) is 15.5 Å². The zero-order chi connectivity index (χ0) is 21.7. The number of ether oxygens (including phenoxy) is 1. The molecule has 1 saturated heterocycles. The van der Waals surface area contributed by atoms with E-state index in [9.17, 15) is 4.79 Å². The molecule has 4 atom stereocenters. The van der Waals surface area contributed by atoms with Crippen LogP contribution in [0.15, 0.2) is 27.8 Å². The number of rotatable bonds is 6. The number of alkyl carbamates (subject to hydrolysis) is 1. The van der Waals surface area contributed by atoms with Crippen molar-refractivity contribution >= 4 is 36.0 Å². The highest BCUT2D eigenvalue weighted by molar-refractivity contribution is 14.0. The van der Waals surface area contributed by atoms with Gasteiger partial charge in [-0.3, -0.25) is 4.99 Å². The van der Waals surface area contributed by atoms with Crippen molar-refractivity contribution in [3.8, 4) is 0 Å². The van der Waals surface area contributed by atoms with Gasteiger partial charge in [0.15, 0.2) is 5.96 Å². The average Bonchev–Trinajstić information content (AvgIpc) is 3.38. The van der Waals surface area contributed by atoms with Crippen LogP contribution in [0.1, 0.15) is 59.6 Å². The smallest absolute Gasteiger partial charge is 0.407 e. The highest BCUT2D eigenvalue weighted by Gasteiger charge is 2.44. The van der Waals surface area contributed by atoms with Gasteiger partial charge < -0.3 is 24.7 Å². The van der Waals surface area contributed by atoms with E-state index in [2.05, 4.69) is 29.4 Å². The minimum absolute atomic E-state index is 0. The topological polar surface area (TPSA) is 79.1 Å². The zero-order valence-corrected chi connectivity index (χ0v) is 21.8. The molecule has 2 fully saturated rings. The third-order valence-corrected chi connectivity index (χ3v) is 6.05. The lowest BCUT2D eigenvalue weighted by atomic mass is 9.98. The van der Waals surface area contributed by atoms with Crippen LogP contribution in [0, 0.1) is 11.8 Å². The number of halogens is 1. The Balaban J connectivity index is 0.00000341. The molecule has 1 aliphatic heterocycles. The quantitative estimate of drug-likeness (QED) is 0.314. The van der Waals surface area contributed by atoms with Gasteiger partial charge in [0, 0.05) is 44.1 Å². The molecule has 31 heavy (non-hydrogen) atoms. The lowest BCUT2D eigenvalue weighted by Gasteiger charge is -2.27. The summed E-state index contributed by atoms with van der Waals surface area (Å²) in [7, 11) is 0. The van der Waals surface area contributed by atoms with Crippen LogP contribution in [0.25, 0.3) is 0 Å². The molecule has 0 radical (unpaired) electrons. The molecule has 1 aliphatic carbocycles. The molecule has 7 nitrogen and oxygen atoms in total. The van der Waals surface area contributed by atoms with Crippen LogP contribution in [0.2, 0.25) is 0 Å². The number of guanidine groups is 1. The lowest BCUT2D eigenvalue weighted by Crippen LogP contribution is -2.46. The molecule has 0 aromatic carbocycles. The van der Waals surface area contributed by atoms with E-state index in [-0.39, 0.29) is 36.1 Å². The molecule has 0 bridgehead atoms. The maximum atomic E-state index is 12.3. The Labute approximate surface area is 203 Å². The molecule has 2 heterocycles. The number of likely N-dealkylation sites (tertiary alicyclic amines) is 1. The molecule has 2 aliphatic rings. The number of aliphatic imine (C=N–C) groups is 1. The molecule has 1 aromatic rings. The van der Waals surface area contributed by atoms with E-state index in [1.54, 1.807) is 6.26 Å². The van der Waals surface area contributed by atoms with Gasteiger partial charge in [0.1, 0.15) is 11.4 Å². The van der Waals surface area contributed by atoms with Crippen LogP contribution in [0.4, 0.5) is 4.79 Å². The Hall–Kier alpha value is -1.45. The Morgan fingerprint density at radius 3 is 2.77 bits per heavy atom. The van der Waals surface area contributed by atoms with Gasteiger partial charge in [0.2, 0.25) is 0 Å². The van der Waals surface area contributed by atoms with Gasteiger partial charge in [0.05, 0.1) is 6.26 Å². The second kappa shape index (κ2) is 11.4. The summed E-state index contributed by atoms with van der Waals surface area (Å²) in [5.41, 5.74) is -0.474. The molecule has 4 unspecified atom stereocenters. The zero-order valence-electron chi connectivity index (χ0n) is 19.5. The van der Waals surface area contributed by atoms with Crippen molar-refractivity contribution < 1.29 is 13.9 Å². The number of hydrogen-bond donors (Lipinski definition) is 2. The molecule has 1 aromatic heterocycles. The molecular weight excluding hydrogens is 507 g/mol. The Bertz CT molecular complexity index is 717. The van der Waals surface area contributed by atoms with E-state index < -0.39 is 5.60 Å². The van der Waals surface area contributed by atoms with Crippen molar-refractivity contribution in [2.24, 2.45) is 16.8 Å². The molecule has 2 N–H and O–H groups in total. The molecular formula is C23H39IN4O3. The number of furan rings is 1. The minimum Gasteiger partial charge on any atom is -0.469 e. The summed E-state index contributed by atoms with van der Waals surface area (Å²) in [6, 6.07) is 4.44. The Morgan fingerprint density at radius 1 is 1.35 bits per heavy atom. The highest BCUT2D eigenvalue weighted by atomic mass is 127. The van der Waals surface area contributed by atoms with Gasteiger partial charge in [-0.25, -0.2) is 4.79 Å². The van der Waals surface area contributed by atoms with Gasteiger partial charge in [-0.2, -0.15) is 0 Å². The number of nitrogens with one attached hydrogen (secondary N) is 2. The van der Waals surface area contributed by atoms with Gasteiger partial charge in [-0.05, 0) is 65.0 Å². The fourth-order valence-corrected chi connectivity index (χ4v) is 4.36. The number of carbonyl (C=O) groups excluding carboxylic acids is 1. The maximum absolute atomic E-state index is 12.3. The molecule has 176 valence electrons. The van der Waals surface area contributed by atoms with E-state index in [1.165, 1.54) is 0 Å². The fraction of sp³-hybridized carbons (Fsp3) is 0.739. The van der Waals surface area contributed by atoms with Crippen LogP contribution in [-0.4, -0.2) is 54.3 Å². The van der Waals surface area contributed by atoms with Crippen molar-refractivity contribution in [3.05, 3.63) is 24.2 Å². The van der Waals surface area contributed by atoms with Crippen molar-refractivity contribution in [2.45, 2.75) is 78.0 Å². The number of fused-ring (bicyclic) bond motifs is 1. The summed E-state index contributed by atoms with van der Waals surface area (Å²) in [5.74, 6) is 2.95. The summed E-state index contributed by atoms with van der Waals surface area (Å²) in [6.45, 7) is 12.6. The van der Waals surface area contributed by atoms with E-state index in [0.717, 1.165) is 50.5 Å². The highest BCUT2D eigenvalue weighted by Crippen LogP contribution is 2.38. The number of amides is 1. The van der Waals surface area contributed by atoms with Gasteiger partial charge in [-0.1, -0.05) is 6.92 Å². The van der Waals surface area contributed by atoms with Gasteiger partial charge in [0.25, 0.3) is 0 Å². The predicted octanol–water partition coefficient (Wildman–Crippen LogP) is 4.42. The average molecular weight is 546 g/mol. The summed E-state index contributed by atoms with van der Waals surface area (Å²) >= 11 is 0. The van der Waals surface area contributed by atoms with Crippen LogP contribution in [0.3, 0.4) is 0 Å². The number of carbonyl (C=O) groups is 1. The van der Waals surface area contributed by atoms with Crippen molar-refractivity contribution in [2.75, 3.05) is 19.6 Å². The summed E-state index contributed by atoms with van der Waals surface area (Å²) in [6.07, 6.45) is 5.38. The lowest BCUT2D eigenvalue weighted by molar-refractivity contribution is 0.0492. The predicted molar refractivity (Wildman–Crippen MR) is 134 cm³/mol. The molecule has 8 heteroatoms. The third kappa shape index (κ3) is 7.57. The second-order valence-corrected chi connectivity index (χ2v) is 9.65. The van der Waals surface area contributed by atoms with Crippen LogP contribution in [-0.2, 0) is 11.2 Å².